The van der Waals surface area contributed by atoms with Gasteiger partial charge in [-0.15, -0.1) is 0 Å². The normalized spacial score (nSPS) is 24.9. The van der Waals surface area contributed by atoms with Gasteiger partial charge in [-0.2, -0.15) is 0 Å². The average molecular weight is 213 g/mol. The van der Waals surface area contributed by atoms with E-state index in [1.165, 1.54) is 26.4 Å². The number of likely N-dealkylation sites (tertiary alicyclic amines) is 1. The molecule has 2 atom stereocenters. The highest BCUT2D eigenvalue weighted by Crippen LogP contribution is 2.21. The largest absolute Gasteiger partial charge is 0.469 e. The van der Waals surface area contributed by atoms with Crippen LogP contribution in [0.2, 0.25) is 0 Å². The summed E-state index contributed by atoms with van der Waals surface area (Å²) in [5.41, 5.74) is 0. The van der Waals surface area contributed by atoms with Gasteiger partial charge in [0.15, 0.2) is 0 Å². The van der Waals surface area contributed by atoms with E-state index >= 15 is 0 Å². The molecule has 0 saturated carbocycles. The lowest BCUT2D eigenvalue weighted by Crippen LogP contribution is -2.42. The van der Waals surface area contributed by atoms with E-state index in [1.807, 2.05) is 0 Å². The van der Waals surface area contributed by atoms with Crippen molar-refractivity contribution in [3.8, 4) is 0 Å². The lowest BCUT2D eigenvalue weighted by Gasteiger charge is -2.36. The van der Waals surface area contributed by atoms with Crippen LogP contribution in [0, 0.1) is 5.92 Å². The number of nitrogens with zero attached hydrogens (tertiary/aromatic N) is 1. The molecule has 0 bridgehead atoms. The summed E-state index contributed by atoms with van der Waals surface area (Å²) >= 11 is 0. The Kier molecular flexibility index (Phi) is 5.09. The van der Waals surface area contributed by atoms with E-state index in [4.69, 9.17) is 4.74 Å². The first-order valence-corrected chi connectivity index (χ1v) is 5.98. The van der Waals surface area contributed by atoms with Crippen LogP contribution in [0.4, 0.5) is 0 Å². The Morgan fingerprint density at radius 1 is 1.60 bits per heavy atom. The van der Waals surface area contributed by atoms with Crippen LogP contribution >= 0.6 is 0 Å². The predicted octanol–water partition coefficient (Wildman–Crippen LogP) is 2.06. The highest BCUT2D eigenvalue weighted by atomic mass is 16.5. The standard InChI is InChI=1S/C12H23NO2/c1-4-11-6-5-7-13(9-11)10(2)8-12(14)15-3/h10-11H,4-9H2,1-3H3. The Balaban J connectivity index is 2.37. The quantitative estimate of drug-likeness (QED) is 0.669. The van der Waals surface area contributed by atoms with Crippen LogP contribution in [0.3, 0.4) is 0 Å². The highest BCUT2D eigenvalue weighted by Gasteiger charge is 2.23. The minimum Gasteiger partial charge on any atom is -0.469 e. The minimum absolute atomic E-state index is 0.0962. The third-order valence-corrected chi connectivity index (χ3v) is 3.44. The first kappa shape index (κ1) is 12.5. The van der Waals surface area contributed by atoms with Crippen molar-refractivity contribution in [2.75, 3.05) is 20.2 Å². The maximum atomic E-state index is 11.2. The van der Waals surface area contributed by atoms with Crippen molar-refractivity contribution < 1.29 is 9.53 Å². The first-order chi connectivity index (χ1) is 7.17. The zero-order valence-electron chi connectivity index (χ0n) is 10.2. The molecule has 1 saturated heterocycles. The van der Waals surface area contributed by atoms with E-state index in [2.05, 4.69) is 18.7 Å². The molecular weight excluding hydrogens is 190 g/mol. The predicted molar refractivity (Wildman–Crippen MR) is 60.7 cm³/mol. The van der Waals surface area contributed by atoms with Crippen LogP contribution in [0.1, 0.15) is 39.5 Å². The smallest absolute Gasteiger partial charge is 0.307 e. The van der Waals surface area contributed by atoms with Crippen LogP contribution in [0.15, 0.2) is 0 Å². The second-order valence-electron chi connectivity index (χ2n) is 4.54. The van der Waals surface area contributed by atoms with Crippen LogP contribution < -0.4 is 0 Å². The molecule has 0 amide bonds. The number of hydrogen-bond donors (Lipinski definition) is 0. The van der Waals surface area contributed by atoms with Crippen molar-refractivity contribution in [3.63, 3.8) is 0 Å². The van der Waals surface area contributed by atoms with E-state index in [0.717, 1.165) is 19.0 Å². The monoisotopic (exact) mass is 213 g/mol. The fourth-order valence-corrected chi connectivity index (χ4v) is 2.28. The molecule has 0 aromatic rings. The maximum absolute atomic E-state index is 11.2. The average Bonchev–Trinajstić information content (AvgIpc) is 2.28. The fourth-order valence-electron chi connectivity index (χ4n) is 2.28. The summed E-state index contributed by atoms with van der Waals surface area (Å²) in [6, 6.07) is 0.326. The van der Waals surface area contributed by atoms with Gasteiger partial charge in [-0.25, -0.2) is 0 Å². The molecule has 1 aliphatic rings. The zero-order chi connectivity index (χ0) is 11.3. The van der Waals surface area contributed by atoms with Crippen molar-refractivity contribution in [1.82, 2.24) is 4.90 Å². The van der Waals surface area contributed by atoms with Crippen molar-refractivity contribution >= 4 is 5.97 Å². The van der Waals surface area contributed by atoms with Gasteiger partial charge >= 0.3 is 5.97 Å². The molecule has 0 spiro atoms. The molecular formula is C12H23NO2. The molecule has 0 radical (unpaired) electrons. The third kappa shape index (κ3) is 3.82. The first-order valence-electron chi connectivity index (χ1n) is 5.98. The summed E-state index contributed by atoms with van der Waals surface area (Å²) in [6.45, 7) is 6.65. The van der Waals surface area contributed by atoms with Crippen molar-refractivity contribution in [1.29, 1.82) is 0 Å². The minimum atomic E-state index is -0.0962. The number of esters is 1. The van der Waals surface area contributed by atoms with Gasteiger partial charge in [0.1, 0.15) is 0 Å². The van der Waals surface area contributed by atoms with E-state index in [0.29, 0.717) is 12.5 Å². The summed E-state index contributed by atoms with van der Waals surface area (Å²) in [5, 5.41) is 0. The Morgan fingerprint density at radius 2 is 2.33 bits per heavy atom. The Labute approximate surface area is 92.8 Å². The van der Waals surface area contributed by atoms with E-state index in [1.54, 1.807) is 0 Å². The molecule has 3 nitrogen and oxygen atoms in total. The summed E-state index contributed by atoms with van der Waals surface area (Å²) in [6.07, 6.45) is 4.39. The van der Waals surface area contributed by atoms with Gasteiger partial charge in [-0.3, -0.25) is 9.69 Å². The second-order valence-corrected chi connectivity index (χ2v) is 4.54. The van der Waals surface area contributed by atoms with Crippen molar-refractivity contribution in [3.05, 3.63) is 0 Å². The maximum Gasteiger partial charge on any atom is 0.307 e. The number of ether oxygens (including phenoxy) is 1. The molecule has 1 aliphatic heterocycles. The van der Waals surface area contributed by atoms with Gasteiger partial charge < -0.3 is 4.74 Å². The van der Waals surface area contributed by atoms with Gasteiger partial charge in [0.05, 0.1) is 13.5 Å². The SMILES string of the molecule is CCC1CCCN(C(C)CC(=O)OC)C1. The van der Waals surface area contributed by atoms with Gasteiger partial charge in [-0.05, 0) is 32.2 Å². The number of piperidine rings is 1. The number of methoxy groups -OCH3 is 1. The topological polar surface area (TPSA) is 29.5 Å². The van der Waals surface area contributed by atoms with E-state index < -0.39 is 0 Å². The molecule has 3 heteroatoms. The second kappa shape index (κ2) is 6.11. The fraction of sp³-hybridized carbons (Fsp3) is 0.917. The molecule has 15 heavy (non-hydrogen) atoms. The molecule has 1 rings (SSSR count). The third-order valence-electron chi connectivity index (χ3n) is 3.44. The van der Waals surface area contributed by atoms with Crippen LogP contribution in [-0.2, 0) is 9.53 Å². The number of rotatable bonds is 4. The molecule has 0 aliphatic carbocycles. The van der Waals surface area contributed by atoms with E-state index in [-0.39, 0.29) is 5.97 Å². The van der Waals surface area contributed by atoms with Crippen LogP contribution in [-0.4, -0.2) is 37.1 Å². The van der Waals surface area contributed by atoms with Gasteiger partial charge in [-0.1, -0.05) is 13.3 Å². The van der Waals surface area contributed by atoms with Crippen molar-refractivity contribution in [2.24, 2.45) is 5.92 Å². The number of carbonyl (C=O) groups excluding carboxylic acids is 1. The summed E-state index contributed by atoms with van der Waals surface area (Å²) < 4.78 is 4.70. The molecule has 1 fully saturated rings. The Hall–Kier alpha value is -0.570. The number of carbonyl (C=O) groups is 1. The van der Waals surface area contributed by atoms with Gasteiger partial charge in [0, 0.05) is 12.6 Å². The molecule has 1 heterocycles. The highest BCUT2D eigenvalue weighted by molar-refractivity contribution is 5.69. The molecule has 0 aromatic carbocycles. The summed E-state index contributed by atoms with van der Waals surface area (Å²) in [5.74, 6) is 0.722. The zero-order valence-corrected chi connectivity index (χ0v) is 10.2. The molecule has 0 aromatic heterocycles. The van der Waals surface area contributed by atoms with Crippen LogP contribution in [0.25, 0.3) is 0 Å². The summed E-state index contributed by atoms with van der Waals surface area (Å²) in [4.78, 5) is 13.6. The Morgan fingerprint density at radius 3 is 2.93 bits per heavy atom. The lowest BCUT2D eigenvalue weighted by molar-refractivity contribution is -0.142. The van der Waals surface area contributed by atoms with Gasteiger partial charge in [0.25, 0.3) is 0 Å². The lowest BCUT2D eigenvalue weighted by atomic mass is 9.94. The van der Waals surface area contributed by atoms with Gasteiger partial charge in [0.2, 0.25) is 0 Å². The van der Waals surface area contributed by atoms with Crippen molar-refractivity contribution in [2.45, 2.75) is 45.6 Å². The summed E-state index contributed by atoms with van der Waals surface area (Å²) in [7, 11) is 1.46. The molecule has 0 N–H and O–H groups in total. The van der Waals surface area contributed by atoms with Crippen LogP contribution in [0.5, 0.6) is 0 Å². The molecule has 88 valence electrons. The molecule has 2 unspecified atom stereocenters. The van der Waals surface area contributed by atoms with E-state index in [9.17, 15) is 4.79 Å². The Bertz CT molecular complexity index is 206. The number of hydrogen-bond acceptors (Lipinski definition) is 3.